The van der Waals surface area contributed by atoms with E-state index in [1.54, 1.807) is 30.3 Å². The summed E-state index contributed by atoms with van der Waals surface area (Å²) in [6, 6.07) is 6.75. The lowest BCUT2D eigenvalue weighted by molar-refractivity contribution is -0.362. The first-order valence-corrected chi connectivity index (χ1v) is 12.5. The summed E-state index contributed by atoms with van der Waals surface area (Å²) in [5.74, 6) is -6.66. The van der Waals surface area contributed by atoms with Crippen molar-refractivity contribution in [2.75, 3.05) is 0 Å². The minimum Gasteiger partial charge on any atom is -0.383 e. The molecule has 0 saturated heterocycles. The molecule has 0 heterocycles. The number of hydrogen-bond donors (Lipinski definition) is 1. The number of rotatable bonds is 3. The first kappa shape index (κ1) is 25.3. The monoisotopic (exact) mass is 508 g/mol. The van der Waals surface area contributed by atoms with Crippen LogP contribution in [0, 0.1) is 17.3 Å². The van der Waals surface area contributed by atoms with Crippen molar-refractivity contribution < 1.29 is 36.6 Å². The third-order valence-corrected chi connectivity index (χ3v) is 9.48. The molecule has 0 spiro atoms. The van der Waals surface area contributed by atoms with Gasteiger partial charge in [-0.05, 0) is 80.1 Å². The van der Waals surface area contributed by atoms with Crippen LogP contribution in [0.2, 0.25) is 0 Å². The minimum absolute atomic E-state index is 0.0378. The highest BCUT2D eigenvalue weighted by Crippen LogP contribution is 2.70. The van der Waals surface area contributed by atoms with E-state index in [-0.39, 0.29) is 30.3 Å². The Labute approximate surface area is 206 Å². The second-order valence-electron chi connectivity index (χ2n) is 11.1. The number of hydrogen-bond acceptors (Lipinski definition) is 3. The van der Waals surface area contributed by atoms with Gasteiger partial charge >= 0.3 is 12.1 Å². The Morgan fingerprint density at radius 2 is 1.69 bits per heavy atom. The lowest BCUT2D eigenvalue weighted by Gasteiger charge is -2.56. The number of alkyl halides is 5. The van der Waals surface area contributed by atoms with Gasteiger partial charge in [-0.3, -0.25) is 9.59 Å². The van der Waals surface area contributed by atoms with Crippen molar-refractivity contribution in [1.29, 1.82) is 0 Å². The van der Waals surface area contributed by atoms with Gasteiger partial charge in [0.2, 0.25) is 0 Å². The van der Waals surface area contributed by atoms with E-state index >= 15 is 0 Å². The third-order valence-electron chi connectivity index (χ3n) is 9.48. The molecular formula is C28H29F5O3. The number of Topliss-reactive ketones (excluding diaryl/α,β-unsaturated/α-hetero) is 1. The highest BCUT2D eigenvalue weighted by Gasteiger charge is 2.79. The van der Waals surface area contributed by atoms with Crippen molar-refractivity contribution in [3.8, 4) is 0 Å². The van der Waals surface area contributed by atoms with Crippen LogP contribution in [0.25, 0.3) is 0 Å². The smallest absolute Gasteiger partial charge is 0.383 e. The summed E-state index contributed by atoms with van der Waals surface area (Å²) >= 11 is 0. The Hall–Kier alpha value is -2.35. The maximum atomic E-state index is 15.0. The maximum absolute atomic E-state index is 15.0. The maximum Gasteiger partial charge on any atom is 0.456 e. The topological polar surface area (TPSA) is 54.4 Å². The Balaban J connectivity index is 1.69. The fourth-order valence-electron chi connectivity index (χ4n) is 7.66. The van der Waals surface area contributed by atoms with Gasteiger partial charge in [0.1, 0.15) is 5.60 Å². The van der Waals surface area contributed by atoms with Gasteiger partial charge < -0.3 is 5.11 Å². The molecule has 1 N–H and O–H groups in total. The fourth-order valence-corrected chi connectivity index (χ4v) is 7.66. The number of aliphatic hydroxyl groups is 1. The van der Waals surface area contributed by atoms with Gasteiger partial charge in [0.25, 0.3) is 0 Å². The summed E-state index contributed by atoms with van der Waals surface area (Å²) in [6.07, 6.45) is -2.90. The van der Waals surface area contributed by atoms with Gasteiger partial charge in [0.05, 0.1) is 0 Å². The van der Waals surface area contributed by atoms with E-state index in [9.17, 15) is 36.6 Å². The van der Waals surface area contributed by atoms with Crippen LogP contribution in [0.4, 0.5) is 22.0 Å². The molecule has 0 bridgehead atoms. The number of carbonyl (C=O) groups excluding carboxylic acids is 2. The average molecular weight is 509 g/mol. The normalized spacial score (nSPS) is 34.6. The summed E-state index contributed by atoms with van der Waals surface area (Å²) < 4.78 is 70.7. The Bertz CT molecular complexity index is 1180. The number of ketones is 2. The van der Waals surface area contributed by atoms with Crippen molar-refractivity contribution in [2.45, 2.75) is 82.4 Å². The molecule has 1 aromatic carbocycles. The summed E-state index contributed by atoms with van der Waals surface area (Å²) in [7, 11) is 0. The second kappa shape index (κ2) is 8.07. The molecule has 1 aromatic rings. The molecule has 4 aliphatic rings. The summed E-state index contributed by atoms with van der Waals surface area (Å²) in [4.78, 5) is 23.9. The number of benzene rings is 1. The molecular weight excluding hydrogens is 479 g/mol. The molecule has 8 heteroatoms. The fraction of sp³-hybridized carbons (Fsp3) is 0.571. The van der Waals surface area contributed by atoms with Crippen molar-refractivity contribution in [3.05, 3.63) is 58.2 Å². The zero-order chi connectivity index (χ0) is 26.3. The number of allylic oxidation sites excluding steroid dienone is 4. The van der Waals surface area contributed by atoms with Gasteiger partial charge in [-0.1, -0.05) is 36.8 Å². The zero-order valence-corrected chi connectivity index (χ0v) is 20.2. The third kappa shape index (κ3) is 3.39. The van der Waals surface area contributed by atoms with Crippen molar-refractivity contribution in [1.82, 2.24) is 0 Å². The van der Waals surface area contributed by atoms with E-state index in [1.807, 2.05) is 0 Å². The molecule has 0 radical (unpaired) electrons. The Morgan fingerprint density at radius 1 is 1.03 bits per heavy atom. The van der Waals surface area contributed by atoms with Crippen molar-refractivity contribution >= 4 is 11.6 Å². The van der Waals surface area contributed by atoms with Crippen LogP contribution in [0.1, 0.15) is 80.6 Å². The van der Waals surface area contributed by atoms with Crippen LogP contribution >= 0.6 is 0 Å². The van der Waals surface area contributed by atoms with E-state index in [1.165, 1.54) is 13.8 Å². The van der Waals surface area contributed by atoms with Crippen LogP contribution in [0.5, 0.6) is 0 Å². The van der Waals surface area contributed by atoms with Crippen LogP contribution in [0.15, 0.2) is 47.1 Å². The highest BCUT2D eigenvalue weighted by atomic mass is 19.4. The molecule has 0 amide bonds. The average Bonchev–Trinajstić information content (AvgIpc) is 3.09. The molecule has 36 heavy (non-hydrogen) atoms. The molecule has 4 aliphatic carbocycles. The van der Waals surface area contributed by atoms with Crippen LogP contribution in [-0.2, 0) is 4.79 Å². The van der Waals surface area contributed by atoms with Crippen LogP contribution < -0.4 is 0 Å². The molecule has 0 aliphatic heterocycles. The summed E-state index contributed by atoms with van der Waals surface area (Å²) in [5, 5.41) is 11.3. The Morgan fingerprint density at radius 3 is 2.31 bits per heavy atom. The highest BCUT2D eigenvalue weighted by molar-refractivity contribution is 5.94. The lowest BCUT2D eigenvalue weighted by Crippen LogP contribution is -2.65. The van der Waals surface area contributed by atoms with Crippen molar-refractivity contribution in [2.24, 2.45) is 17.3 Å². The van der Waals surface area contributed by atoms with E-state index < -0.39 is 41.4 Å². The second-order valence-corrected chi connectivity index (χ2v) is 11.1. The molecule has 194 valence electrons. The van der Waals surface area contributed by atoms with Crippen LogP contribution in [0.3, 0.4) is 0 Å². The standard InChI is InChI=1S/C28H29F5O3/c1-15(34)16-3-5-17(6-4-16)22-14-25(2)23(11-12-26(25,36)27(29,30)28(31,32)33)21-9-7-18-13-19(35)8-10-20(18)24(21)22/h3-6,13,21-23,36H,7-12,14H2,1-2H3/t21-,22-,23-,25+,26+/m0/s1. The quantitative estimate of drug-likeness (QED) is 0.364. The van der Waals surface area contributed by atoms with Crippen molar-refractivity contribution in [3.63, 3.8) is 0 Å². The molecule has 5 atom stereocenters. The molecule has 0 unspecified atom stereocenters. The Kier molecular flexibility index (Phi) is 5.67. The molecule has 3 nitrogen and oxygen atoms in total. The molecule has 0 aromatic heterocycles. The summed E-state index contributed by atoms with van der Waals surface area (Å²) in [5.41, 5.74) is -0.758. The predicted molar refractivity (Wildman–Crippen MR) is 123 cm³/mol. The van der Waals surface area contributed by atoms with E-state index in [0.717, 1.165) is 22.3 Å². The number of halogens is 5. The first-order chi connectivity index (χ1) is 16.7. The lowest BCUT2D eigenvalue weighted by atomic mass is 9.50. The first-order valence-electron chi connectivity index (χ1n) is 12.5. The molecule has 2 saturated carbocycles. The number of fused-ring (bicyclic) bond motifs is 4. The SMILES string of the molecule is CC(=O)c1ccc([C@@H]2C[C@]3(C)[C@@H](CC[C@]3(O)C(F)(F)C(F)(F)F)[C@@H]3CCC4=CC(=O)CCC4=C23)cc1. The number of carbonyl (C=O) groups is 2. The van der Waals surface area contributed by atoms with Gasteiger partial charge in [0, 0.05) is 23.3 Å². The zero-order valence-electron chi connectivity index (χ0n) is 20.2. The van der Waals surface area contributed by atoms with Gasteiger partial charge in [-0.15, -0.1) is 0 Å². The predicted octanol–water partition coefficient (Wildman–Crippen LogP) is 6.72. The van der Waals surface area contributed by atoms with Gasteiger partial charge in [-0.2, -0.15) is 22.0 Å². The van der Waals surface area contributed by atoms with E-state index in [0.29, 0.717) is 31.2 Å². The minimum atomic E-state index is -5.87. The largest absolute Gasteiger partial charge is 0.456 e. The van der Waals surface area contributed by atoms with Gasteiger partial charge in [-0.25, -0.2) is 0 Å². The van der Waals surface area contributed by atoms with Crippen LogP contribution in [-0.4, -0.2) is 34.4 Å². The van der Waals surface area contributed by atoms with E-state index in [2.05, 4.69) is 0 Å². The van der Waals surface area contributed by atoms with E-state index in [4.69, 9.17) is 0 Å². The summed E-state index contributed by atoms with van der Waals surface area (Å²) in [6.45, 7) is 2.83. The van der Waals surface area contributed by atoms with Gasteiger partial charge in [0.15, 0.2) is 11.6 Å². The molecule has 5 rings (SSSR count). The molecule has 2 fully saturated rings.